The van der Waals surface area contributed by atoms with Crippen LogP contribution in [0.5, 0.6) is 0 Å². The van der Waals surface area contributed by atoms with E-state index in [2.05, 4.69) is 5.48 Å². The molecule has 0 unspecified atom stereocenters. The number of nitrogens with one attached hydrogen (secondary N) is 1. The molecule has 1 amide bonds. The third-order valence-corrected chi connectivity index (χ3v) is 4.08. The molecule has 3 aromatic rings. The van der Waals surface area contributed by atoms with E-state index in [4.69, 9.17) is 4.84 Å². The van der Waals surface area contributed by atoms with Gasteiger partial charge in [-0.05, 0) is 23.8 Å². The van der Waals surface area contributed by atoms with Crippen LogP contribution in [-0.2, 0) is 11.4 Å². The summed E-state index contributed by atoms with van der Waals surface area (Å²) in [4.78, 5) is 17.6. The Hall–Kier alpha value is -2.24. The van der Waals surface area contributed by atoms with Gasteiger partial charge in [0.25, 0.3) is 5.91 Å². The van der Waals surface area contributed by atoms with Gasteiger partial charge in [0, 0.05) is 10.1 Å². The van der Waals surface area contributed by atoms with Gasteiger partial charge in [0.2, 0.25) is 0 Å². The van der Waals surface area contributed by atoms with Crippen molar-refractivity contribution in [2.45, 2.75) is 6.61 Å². The largest absolute Gasteiger partial charge is 0.284 e. The Balaban J connectivity index is 1.65. The Morgan fingerprint density at radius 3 is 2.71 bits per heavy atom. The SMILES string of the molecule is O=C(NOCc1ccccc1)c1cc2c(F)cccc2s1. The van der Waals surface area contributed by atoms with Crippen molar-refractivity contribution in [2.75, 3.05) is 0 Å². The highest BCUT2D eigenvalue weighted by Gasteiger charge is 2.12. The fourth-order valence-electron chi connectivity index (χ4n) is 1.95. The van der Waals surface area contributed by atoms with Crippen LogP contribution >= 0.6 is 11.3 Å². The minimum absolute atomic E-state index is 0.284. The number of hydroxylamine groups is 1. The van der Waals surface area contributed by atoms with Crippen LogP contribution in [0.2, 0.25) is 0 Å². The summed E-state index contributed by atoms with van der Waals surface area (Å²) >= 11 is 1.23. The number of rotatable bonds is 4. The summed E-state index contributed by atoms with van der Waals surface area (Å²) in [5.41, 5.74) is 3.34. The quantitative estimate of drug-likeness (QED) is 0.742. The molecule has 0 saturated heterocycles. The molecule has 1 N–H and O–H groups in total. The summed E-state index contributed by atoms with van der Waals surface area (Å²) in [6, 6.07) is 15.8. The number of halogens is 1. The van der Waals surface area contributed by atoms with Crippen molar-refractivity contribution in [1.82, 2.24) is 5.48 Å². The fourth-order valence-corrected chi connectivity index (χ4v) is 2.91. The van der Waals surface area contributed by atoms with E-state index in [9.17, 15) is 9.18 Å². The molecule has 0 spiro atoms. The second-order valence-corrected chi connectivity index (χ2v) is 5.55. The number of amides is 1. The number of hydrogen-bond donors (Lipinski definition) is 1. The second-order valence-electron chi connectivity index (χ2n) is 4.47. The van der Waals surface area contributed by atoms with Crippen LogP contribution in [0.3, 0.4) is 0 Å². The van der Waals surface area contributed by atoms with Crippen molar-refractivity contribution >= 4 is 27.3 Å². The summed E-state index contributed by atoms with van der Waals surface area (Å²) in [6.45, 7) is 0.284. The molecule has 0 bridgehead atoms. The van der Waals surface area contributed by atoms with Gasteiger partial charge in [-0.2, -0.15) is 0 Å². The summed E-state index contributed by atoms with van der Waals surface area (Å²) in [7, 11) is 0. The zero-order valence-electron chi connectivity index (χ0n) is 11.0. The van der Waals surface area contributed by atoms with Gasteiger partial charge in [0.15, 0.2) is 0 Å². The molecule has 0 aliphatic heterocycles. The molecule has 0 atom stereocenters. The van der Waals surface area contributed by atoms with Crippen molar-refractivity contribution in [1.29, 1.82) is 0 Å². The zero-order valence-corrected chi connectivity index (χ0v) is 11.8. The van der Waals surface area contributed by atoms with Gasteiger partial charge in [-0.25, -0.2) is 9.87 Å². The van der Waals surface area contributed by atoms with Crippen molar-refractivity contribution in [2.24, 2.45) is 0 Å². The summed E-state index contributed by atoms with van der Waals surface area (Å²) in [6.07, 6.45) is 0. The molecule has 0 aliphatic carbocycles. The molecule has 0 fully saturated rings. The number of fused-ring (bicyclic) bond motifs is 1. The highest BCUT2D eigenvalue weighted by Crippen LogP contribution is 2.27. The molecule has 0 aliphatic rings. The van der Waals surface area contributed by atoms with Gasteiger partial charge in [-0.15, -0.1) is 11.3 Å². The standard InChI is InChI=1S/C16H12FNO2S/c17-13-7-4-8-14-12(13)9-15(21-14)16(19)18-20-10-11-5-2-1-3-6-11/h1-9H,10H2,(H,18,19). The predicted molar refractivity (Wildman–Crippen MR) is 80.5 cm³/mol. The predicted octanol–water partition coefficient (Wildman–Crippen LogP) is 3.90. The maximum atomic E-state index is 13.6. The molecule has 3 nitrogen and oxygen atoms in total. The molecule has 106 valence electrons. The van der Waals surface area contributed by atoms with E-state index in [0.29, 0.717) is 10.3 Å². The van der Waals surface area contributed by atoms with E-state index in [0.717, 1.165) is 10.3 Å². The van der Waals surface area contributed by atoms with Crippen molar-refractivity contribution < 1.29 is 14.0 Å². The molecule has 2 aromatic carbocycles. The third-order valence-electron chi connectivity index (χ3n) is 2.98. The van der Waals surface area contributed by atoms with E-state index in [1.165, 1.54) is 23.5 Å². The van der Waals surface area contributed by atoms with Crippen LogP contribution in [0.1, 0.15) is 15.2 Å². The Kier molecular flexibility index (Phi) is 3.94. The van der Waals surface area contributed by atoms with E-state index < -0.39 is 0 Å². The lowest BCUT2D eigenvalue weighted by atomic mass is 10.2. The molecule has 0 radical (unpaired) electrons. The molecule has 1 heterocycles. The summed E-state index contributed by atoms with van der Waals surface area (Å²) in [5.74, 6) is -0.695. The highest BCUT2D eigenvalue weighted by atomic mass is 32.1. The molecule has 21 heavy (non-hydrogen) atoms. The molecule has 5 heteroatoms. The lowest BCUT2D eigenvalue weighted by Crippen LogP contribution is -2.22. The van der Waals surface area contributed by atoms with Gasteiger partial charge in [-0.3, -0.25) is 9.63 Å². The average molecular weight is 301 g/mol. The fraction of sp³-hybridized carbons (Fsp3) is 0.0625. The van der Waals surface area contributed by atoms with Gasteiger partial charge in [-0.1, -0.05) is 36.4 Å². The highest BCUT2D eigenvalue weighted by molar-refractivity contribution is 7.20. The average Bonchev–Trinajstić information content (AvgIpc) is 2.94. The van der Waals surface area contributed by atoms with Crippen molar-refractivity contribution in [3.8, 4) is 0 Å². The lowest BCUT2D eigenvalue weighted by molar-refractivity contribution is 0.0237. The van der Waals surface area contributed by atoms with E-state index in [-0.39, 0.29) is 18.3 Å². The Labute approximate surface area is 124 Å². The number of hydrogen-bond acceptors (Lipinski definition) is 3. The van der Waals surface area contributed by atoms with Crippen LogP contribution in [0.25, 0.3) is 10.1 Å². The van der Waals surface area contributed by atoms with Crippen LogP contribution in [0.4, 0.5) is 4.39 Å². The Morgan fingerprint density at radius 2 is 1.95 bits per heavy atom. The number of thiophene rings is 1. The van der Waals surface area contributed by atoms with Gasteiger partial charge in [0.05, 0.1) is 11.5 Å². The first-order chi connectivity index (χ1) is 10.2. The lowest BCUT2D eigenvalue weighted by Gasteiger charge is -2.04. The van der Waals surface area contributed by atoms with E-state index in [1.807, 2.05) is 30.3 Å². The number of carbonyl (C=O) groups is 1. The molecule has 0 saturated carbocycles. The summed E-state index contributed by atoms with van der Waals surface area (Å²) < 4.78 is 14.3. The smallest absolute Gasteiger partial charge is 0.269 e. The van der Waals surface area contributed by atoms with Crippen LogP contribution < -0.4 is 5.48 Å². The Morgan fingerprint density at radius 1 is 1.14 bits per heavy atom. The minimum Gasteiger partial charge on any atom is -0.269 e. The molecular formula is C16H12FNO2S. The summed E-state index contributed by atoms with van der Waals surface area (Å²) in [5, 5.41) is 0.454. The molecule has 3 rings (SSSR count). The number of benzene rings is 2. The maximum absolute atomic E-state index is 13.6. The Bertz CT molecular complexity index is 770. The van der Waals surface area contributed by atoms with Gasteiger partial charge < -0.3 is 0 Å². The zero-order chi connectivity index (χ0) is 14.7. The van der Waals surface area contributed by atoms with Gasteiger partial charge in [0.1, 0.15) is 5.82 Å². The van der Waals surface area contributed by atoms with Gasteiger partial charge >= 0.3 is 0 Å². The van der Waals surface area contributed by atoms with Crippen molar-refractivity contribution in [3.05, 3.63) is 70.9 Å². The third kappa shape index (κ3) is 3.09. The second kappa shape index (κ2) is 6.03. The van der Waals surface area contributed by atoms with Crippen LogP contribution in [0, 0.1) is 5.82 Å². The topological polar surface area (TPSA) is 38.3 Å². The first-order valence-electron chi connectivity index (χ1n) is 6.38. The van der Waals surface area contributed by atoms with Crippen molar-refractivity contribution in [3.63, 3.8) is 0 Å². The molecular weight excluding hydrogens is 289 g/mol. The van der Waals surface area contributed by atoms with E-state index in [1.54, 1.807) is 12.1 Å². The normalized spacial score (nSPS) is 10.7. The van der Waals surface area contributed by atoms with E-state index >= 15 is 0 Å². The first-order valence-corrected chi connectivity index (χ1v) is 7.20. The number of carbonyl (C=O) groups excluding carboxylic acids is 1. The van der Waals surface area contributed by atoms with Crippen LogP contribution in [0.15, 0.2) is 54.6 Å². The minimum atomic E-state index is -0.369. The molecule has 1 aromatic heterocycles. The maximum Gasteiger partial charge on any atom is 0.284 e. The van der Waals surface area contributed by atoms with Crippen LogP contribution in [-0.4, -0.2) is 5.91 Å². The first kappa shape index (κ1) is 13.7. The monoisotopic (exact) mass is 301 g/mol.